The molecule has 2 aromatic heterocycles. The van der Waals surface area contributed by atoms with Crippen LogP contribution in [-0.2, 0) is 6.54 Å². The Morgan fingerprint density at radius 3 is 2.74 bits per heavy atom. The minimum absolute atomic E-state index is 0.248. The van der Waals surface area contributed by atoms with Crippen molar-refractivity contribution in [2.75, 3.05) is 38.3 Å². The lowest BCUT2D eigenvalue weighted by Gasteiger charge is -2.25. The van der Waals surface area contributed by atoms with Gasteiger partial charge in [-0.15, -0.1) is 0 Å². The van der Waals surface area contributed by atoms with Gasteiger partial charge in [0.2, 0.25) is 5.95 Å². The van der Waals surface area contributed by atoms with Crippen LogP contribution in [0, 0.1) is 0 Å². The predicted molar refractivity (Wildman–Crippen MR) is 127 cm³/mol. The molecule has 2 heterocycles. The Morgan fingerprint density at radius 2 is 2.03 bits per heavy atom. The van der Waals surface area contributed by atoms with Crippen LogP contribution in [0.5, 0.6) is 5.75 Å². The Bertz CT molecular complexity index is 1000. The van der Waals surface area contributed by atoms with E-state index >= 15 is 0 Å². The van der Waals surface area contributed by atoms with E-state index in [-0.39, 0.29) is 5.95 Å². The number of hydrogen-bond donors (Lipinski definition) is 2. The first-order valence-corrected chi connectivity index (χ1v) is 11.1. The highest BCUT2D eigenvalue weighted by atomic mass is 16.5. The van der Waals surface area contributed by atoms with Crippen LogP contribution in [-0.4, -0.2) is 51.9 Å². The normalized spacial score (nSPS) is 12.5. The SMILES string of the molecule is CCCCNc1nc(N)nc2cn(Cc3ccc(C(C)N(C)CCC)cc3OC)nc12. The molecule has 0 saturated carbocycles. The van der Waals surface area contributed by atoms with Crippen LogP contribution in [0.15, 0.2) is 24.4 Å². The number of aromatic nitrogens is 4. The monoisotopic (exact) mass is 425 g/mol. The number of hydrogen-bond acceptors (Lipinski definition) is 7. The van der Waals surface area contributed by atoms with Crippen LogP contribution in [0.3, 0.4) is 0 Å². The Kier molecular flexibility index (Phi) is 7.68. The third-order valence-corrected chi connectivity index (χ3v) is 5.61. The molecule has 31 heavy (non-hydrogen) atoms. The van der Waals surface area contributed by atoms with Crippen molar-refractivity contribution in [3.63, 3.8) is 0 Å². The van der Waals surface area contributed by atoms with Crippen molar-refractivity contribution in [2.24, 2.45) is 0 Å². The number of benzene rings is 1. The van der Waals surface area contributed by atoms with Crippen molar-refractivity contribution in [2.45, 2.75) is 52.6 Å². The highest BCUT2D eigenvalue weighted by molar-refractivity contribution is 5.85. The lowest BCUT2D eigenvalue weighted by molar-refractivity contribution is 0.261. The molecule has 0 saturated heterocycles. The molecule has 0 aliphatic carbocycles. The third-order valence-electron chi connectivity index (χ3n) is 5.61. The average molecular weight is 426 g/mol. The third kappa shape index (κ3) is 5.44. The van der Waals surface area contributed by atoms with Crippen molar-refractivity contribution in [1.29, 1.82) is 0 Å². The Balaban J connectivity index is 1.85. The molecule has 0 radical (unpaired) electrons. The van der Waals surface area contributed by atoms with Crippen LogP contribution in [0.2, 0.25) is 0 Å². The molecule has 1 aromatic carbocycles. The first-order valence-electron chi connectivity index (χ1n) is 11.1. The lowest BCUT2D eigenvalue weighted by Crippen LogP contribution is -2.23. The van der Waals surface area contributed by atoms with E-state index in [2.05, 4.69) is 66.2 Å². The van der Waals surface area contributed by atoms with E-state index < -0.39 is 0 Å². The standard InChI is InChI=1S/C23H35N7O/c1-6-8-11-25-22-21-19(26-23(24)27-22)15-30(28-21)14-18-10-9-17(13-20(18)31-5)16(3)29(4)12-7-2/h9-10,13,15-16H,6-8,11-12,14H2,1-5H3,(H3,24,25,26,27). The van der Waals surface area contributed by atoms with Gasteiger partial charge in [-0.2, -0.15) is 10.1 Å². The molecule has 0 aliphatic rings. The van der Waals surface area contributed by atoms with Crippen LogP contribution >= 0.6 is 0 Å². The molecule has 8 nitrogen and oxygen atoms in total. The second-order valence-electron chi connectivity index (χ2n) is 8.00. The number of fused-ring (bicyclic) bond motifs is 1. The molecule has 0 amide bonds. The van der Waals surface area contributed by atoms with E-state index in [0.29, 0.717) is 18.4 Å². The maximum absolute atomic E-state index is 5.90. The van der Waals surface area contributed by atoms with Gasteiger partial charge in [0.25, 0.3) is 0 Å². The summed E-state index contributed by atoms with van der Waals surface area (Å²) in [6, 6.07) is 6.75. The predicted octanol–water partition coefficient (Wildman–Crippen LogP) is 4.08. The largest absolute Gasteiger partial charge is 0.496 e. The highest BCUT2D eigenvalue weighted by Crippen LogP contribution is 2.28. The van der Waals surface area contributed by atoms with E-state index in [4.69, 9.17) is 15.6 Å². The first kappa shape index (κ1) is 22.8. The van der Waals surface area contributed by atoms with Gasteiger partial charge >= 0.3 is 0 Å². The maximum atomic E-state index is 5.90. The second kappa shape index (κ2) is 10.4. The molecular formula is C23H35N7O. The number of nitrogens with zero attached hydrogens (tertiary/aromatic N) is 5. The topological polar surface area (TPSA) is 94.1 Å². The number of methoxy groups -OCH3 is 1. The van der Waals surface area contributed by atoms with Crippen LogP contribution in [0.4, 0.5) is 11.8 Å². The fourth-order valence-corrected chi connectivity index (χ4v) is 3.69. The first-order chi connectivity index (χ1) is 15.0. The summed E-state index contributed by atoms with van der Waals surface area (Å²) in [5, 5.41) is 8.06. The fourth-order valence-electron chi connectivity index (χ4n) is 3.69. The fraction of sp³-hybridized carbons (Fsp3) is 0.522. The van der Waals surface area contributed by atoms with Gasteiger partial charge in [-0.25, -0.2) is 4.98 Å². The van der Waals surface area contributed by atoms with Gasteiger partial charge in [0.1, 0.15) is 11.3 Å². The van der Waals surface area contributed by atoms with Crippen molar-refractivity contribution < 1.29 is 4.74 Å². The molecule has 3 rings (SSSR count). The quantitative estimate of drug-likeness (QED) is 0.447. The van der Waals surface area contributed by atoms with E-state index in [1.165, 1.54) is 5.56 Å². The van der Waals surface area contributed by atoms with Gasteiger partial charge in [-0.3, -0.25) is 9.58 Å². The van der Waals surface area contributed by atoms with E-state index in [9.17, 15) is 0 Å². The highest BCUT2D eigenvalue weighted by Gasteiger charge is 2.15. The molecule has 0 spiro atoms. The zero-order chi connectivity index (χ0) is 22.4. The minimum atomic E-state index is 0.248. The molecule has 0 aliphatic heterocycles. The summed E-state index contributed by atoms with van der Waals surface area (Å²) in [7, 11) is 3.87. The summed E-state index contributed by atoms with van der Waals surface area (Å²) in [4.78, 5) is 11.0. The summed E-state index contributed by atoms with van der Waals surface area (Å²) in [5.41, 5.74) is 9.67. The van der Waals surface area contributed by atoms with Gasteiger partial charge in [-0.1, -0.05) is 32.4 Å². The number of nitrogen functional groups attached to an aromatic ring is 1. The summed E-state index contributed by atoms with van der Waals surface area (Å²) in [6.07, 6.45) is 5.20. The molecule has 1 atom stereocenters. The van der Waals surface area contributed by atoms with E-state index in [1.807, 2.05) is 10.9 Å². The Labute approximate surface area is 184 Å². The molecule has 3 N–H and O–H groups in total. The Morgan fingerprint density at radius 1 is 1.23 bits per heavy atom. The van der Waals surface area contributed by atoms with Gasteiger partial charge in [0.05, 0.1) is 19.9 Å². The van der Waals surface area contributed by atoms with Gasteiger partial charge in [-0.05, 0) is 45.0 Å². The number of rotatable bonds is 11. The Hall–Kier alpha value is -2.87. The summed E-state index contributed by atoms with van der Waals surface area (Å²) in [5.74, 6) is 1.80. The van der Waals surface area contributed by atoms with Crippen molar-refractivity contribution in [1.82, 2.24) is 24.6 Å². The summed E-state index contributed by atoms with van der Waals surface area (Å²) >= 11 is 0. The van der Waals surface area contributed by atoms with Crippen molar-refractivity contribution in [3.05, 3.63) is 35.5 Å². The molecule has 0 bridgehead atoms. The van der Waals surface area contributed by atoms with E-state index in [0.717, 1.165) is 54.7 Å². The van der Waals surface area contributed by atoms with Crippen LogP contribution < -0.4 is 15.8 Å². The van der Waals surface area contributed by atoms with Gasteiger partial charge in [0, 0.05) is 18.2 Å². The zero-order valence-corrected chi connectivity index (χ0v) is 19.4. The van der Waals surface area contributed by atoms with Crippen LogP contribution in [0.25, 0.3) is 11.0 Å². The number of nitrogens with two attached hydrogens (primary N) is 1. The van der Waals surface area contributed by atoms with Gasteiger partial charge < -0.3 is 15.8 Å². The minimum Gasteiger partial charge on any atom is -0.496 e. The summed E-state index contributed by atoms with van der Waals surface area (Å²) < 4.78 is 7.58. The lowest BCUT2D eigenvalue weighted by atomic mass is 10.0. The summed E-state index contributed by atoms with van der Waals surface area (Å²) in [6.45, 7) is 9.04. The average Bonchev–Trinajstić information content (AvgIpc) is 3.16. The molecule has 1 unspecified atom stereocenters. The number of unbranched alkanes of at least 4 members (excludes halogenated alkanes) is 1. The number of ether oxygens (including phenoxy) is 1. The van der Waals surface area contributed by atoms with Crippen LogP contribution in [0.1, 0.15) is 57.2 Å². The van der Waals surface area contributed by atoms with E-state index in [1.54, 1.807) is 7.11 Å². The second-order valence-corrected chi connectivity index (χ2v) is 8.00. The van der Waals surface area contributed by atoms with Gasteiger partial charge in [0.15, 0.2) is 11.3 Å². The number of anilines is 2. The maximum Gasteiger partial charge on any atom is 0.222 e. The number of nitrogens with one attached hydrogen (secondary N) is 1. The van der Waals surface area contributed by atoms with Crippen molar-refractivity contribution >= 4 is 22.8 Å². The molecule has 0 fully saturated rings. The molecule has 168 valence electrons. The molecular weight excluding hydrogens is 390 g/mol. The zero-order valence-electron chi connectivity index (χ0n) is 19.4. The van der Waals surface area contributed by atoms with Crippen molar-refractivity contribution in [3.8, 4) is 5.75 Å². The smallest absolute Gasteiger partial charge is 0.222 e. The molecule has 8 heteroatoms. The molecule has 3 aromatic rings.